The topological polar surface area (TPSA) is 37.3 Å². The summed E-state index contributed by atoms with van der Waals surface area (Å²) in [6, 6.07) is 25.6. The van der Waals surface area contributed by atoms with Gasteiger partial charge in [0, 0.05) is 11.1 Å². The van der Waals surface area contributed by atoms with E-state index >= 15 is 0 Å². The van der Waals surface area contributed by atoms with E-state index in [1.54, 1.807) is 6.92 Å². The molecule has 0 aromatic heterocycles. The molecule has 0 heterocycles. The van der Waals surface area contributed by atoms with E-state index in [0.29, 0.717) is 5.56 Å². The van der Waals surface area contributed by atoms with Crippen molar-refractivity contribution in [1.82, 2.24) is 0 Å². The van der Waals surface area contributed by atoms with Gasteiger partial charge < -0.3 is 5.11 Å². The first kappa shape index (κ1) is 15.6. The second kappa shape index (κ2) is 6.15. The summed E-state index contributed by atoms with van der Waals surface area (Å²) >= 11 is 0. The Hall–Kier alpha value is -2.97. The lowest BCUT2D eigenvalue weighted by Gasteiger charge is -2.12. The zero-order valence-electron chi connectivity index (χ0n) is 13.9. The Morgan fingerprint density at radius 3 is 2.12 bits per heavy atom. The van der Waals surface area contributed by atoms with Gasteiger partial charge in [-0.15, -0.1) is 0 Å². The number of hydrogen-bond acceptors (Lipinski definition) is 2. The number of aliphatic hydroxyl groups excluding tert-OH is 1. The van der Waals surface area contributed by atoms with E-state index in [4.69, 9.17) is 0 Å². The lowest BCUT2D eigenvalue weighted by atomic mass is 9.93. The molecular weight excluding hydrogens is 308 g/mol. The van der Waals surface area contributed by atoms with Crippen molar-refractivity contribution >= 4 is 16.9 Å². The number of benzene rings is 3. The SMILES string of the molecule is CC(=O)c1ccc(C2=C(c3ccccc3)C(O)c3ccccc32)cc1. The maximum atomic E-state index is 11.6. The van der Waals surface area contributed by atoms with Crippen LogP contribution in [0.2, 0.25) is 0 Å². The summed E-state index contributed by atoms with van der Waals surface area (Å²) in [4.78, 5) is 11.6. The molecule has 2 heteroatoms. The van der Waals surface area contributed by atoms with Crippen molar-refractivity contribution in [1.29, 1.82) is 0 Å². The summed E-state index contributed by atoms with van der Waals surface area (Å²) in [7, 11) is 0. The molecule has 0 fully saturated rings. The van der Waals surface area contributed by atoms with Crippen molar-refractivity contribution < 1.29 is 9.90 Å². The third-order valence-corrected chi connectivity index (χ3v) is 4.73. The molecule has 0 bridgehead atoms. The highest BCUT2D eigenvalue weighted by Gasteiger charge is 2.31. The summed E-state index contributed by atoms with van der Waals surface area (Å²) in [5.74, 6) is 0.0515. The number of fused-ring (bicyclic) bond motifs is 1. The molecule has 25 heavy (non-hydrogen) atoms. The quantitative estimate of drug-likeness (QED) is 0.695. The van der Waals surface area contributed by atoms with Gasteiger partial charge in [-0.2, -0.15) is 0 Å². The molecule has 0 radical (unpaired) electrons. The minimum atomic E-state index is -0.652. The molecule has 122 valence electrons. The first-order valence-corrected chi connectivity index (χ1v) is 8.35. The van der Waals surface area contributed by atoms with Crippen LogP contribution in [0.5, 0.6) is 0 Å². The minimum Gasteiger partial charge on any atom is -0.384 e. The average molecular weight is 326 g/mol. The largest absolute Gasteiger partial charge is 0.384 e. The van der Waals surface area contributed by atoms with Gasteiger partial charge >= 0.3 is 0 Å². The molecule has 1 aliphatic carbocycles. The Morgan fingerprint density at radius 1 is 0.800 bits per heavy atom. The minimum absolute atomic E-state index is 0.0515. The normalized spacial score (nSPS) is 16.0. The third-order valence-electron chi connectivity index (χ3n) is 4.73. The van der Waals surface area contributed by atoms with Crippen molar-refractivity contribution in [2.24, 2.45) is 0 Å². The monoisotopic (exact) mass is 326 g/mol. The maximum Gasteiger partial charge on any atom is 0.159 e. The molecule has 3 aromatic carbocycles. The summed E-state index contributed by atoms with van der Waals surface area (Å²) in [6.07, 6.45) is -0.652. The van der Waals surface area contributed by atoms with Crippen LogP contribution >= 0.6 is 0 Å². The highest BCUT2D eigenvalue weighted by atomic mass is 16.3. The fourth-order valence-corrected chi connectivity index (χ4v) is 3.50. The number of rotatable bonds is 3. The molecule has 0 aliphatic heterocycles. The molecule has 0 saturated carbocycles. The Bertz CT molecular complexity index is 966. The zero-order chi connectivity index (χ0) is 17.4. The fourth-order valence-electron chi connectivity index (χ4n) is 3.50. The lowest BCUT2D eigenvalue weighted by Crippen LogP contribution is -1.97. The molecule has 1 aliphatic rings. The predicted octanol–water partition coefficient (Wildman–Crippen LogP) is 4.90. The molecule has 1 atom stereocenters. The smallest absolute Gasteiger partial charge is 0.159 e. The Balaban J connectivity index is 1.95. The van der Waals surface area contributed by atoms with E-state index < -0.39 is 6.10 Å². The van der Waals surface area contributed by atoms with Gasteiger partial charge in [-0.1, -0.05) is 78.9 Å². The summed E-state index contributed by atoms with van der Waals surface area (Å²) in [6.45, 7) is 1.57. The predicted molar refractivity (Wildman–Crippen MR) is 100 cm³/mol. The second-order valence-electron chi connectivity index (χ2n) is 6.28. The van der Waals surface area contributed by atoms with Gasteiger partial charge in [0.05, 0.1) is 0 Å². The number of carbonyl (C=O) groups excluding carboxylic acids is 1. The van der Waals surface area contributed by atoms with Crippen molar-refractivity contribution in [2.75, 3.05) is 0 Å². The highest BCUT2D eigenvalue weighted by molar-refractivity contribution is 6.05. The number of ketones is 1. The van der Waals surface area contributed by atoms with Crippen LogP contribution < -0.4 is 0 Å². The molecule has 0 amide bonds. The number of carbonyl (C=O) groups is 1. The molecule has 4 rings (SSSR count). The third kappa shape index (κ3) is 2.61. The van der Waals surface area contributed by atoms with E-state index in [1.165, 1.54) is 0 Å². The van der Waals surface area contributed by atoms with Gasteiger partial charge in [-0.3, -0.25) is 4.79 Å². The van der Waals surface area contributed by atoms with Crippen molar-refractivity contribution in [2.45, 2.75) is 13.0 Å². The van der Waals surface area contributed by atoms with E-state index in [1.807, 2.05) is 78.9 Å². The Kier molecular flexibility index (Phi) is 3.83. The molecular formula is C23H18O2. The van der Waals surface area contributed by atoms with E-state index in [9.17, 15) is 9.90 Å². The summed E-state index contributed by atoms with van der Waals surface area (Å²) in [5.41, 5.74) is 6.63. The van der Waals surface area contributed by atoms with Gasteiger partial charge in [-0.05, 0) is 34.8 Å². The Labute approximate surface area is 147 Å². The number of aliphatic hydroxyl groups is 1. The molecule has 0 spiro atoms. The van der Waals surface area contributed by atoms with Gasteiger partial charge in [0.15, 0.2) is 5.78 Å². The van der Waals surface area contributed by atoms with E-state index in [2.05, 4.69) is 0 Å². The first-order chi connectivity index (χ1) is 12.2. The van der Waals surface area contributed by atoms with Crippen LogP contribution in [0.4, 0.5) is 0 Å². The molecule has 3 aromatic rings. The van der Waals surface area contributed by atoms with Crippen LogP contribution in [0.3, 0.4) is 0 Å². The maximum absolute atomic E-state index is 11.6. The van der Waals surface area contributed by atoms with E-state index in [0.717, 1.165) is 33.4 Å². The van der Waals surface area contributed by atoms with Gasteiger partial charge in [0.25, 0.3) is 0 Å². The van der Waals surface area contributed by atoms with E-state index in [-0.39, 0.29) is 5.78 Å². The number of Topliss-reactive ketones (excluding diaryl/α,β-unsaturated/α-hetero) is 1. The van der Waals surface area contributed by atoms with Crippen LogP contribution in [0.25, 0.3) is 11.1 Å². The lowest BCUT2D eigenvalue weighted by molar-refractivity contribution is 0.101. The molecule has 1 N–H and O–H groups in total. The molecule has 2 nitrogen and oxygen atoms in total. The van der Waals surface area contributed by atoms with Crippen LogP contribution in [-0.4, -0.2) is 10.9 Å². The van der Waals surface area contributed by atoms with Crippen molar-refractivity contribution in [3.63, 3.8) is 0 Å². The summed E-state index contributed by atoms with van der Waals surface area (Å²) in [5, 5.41) is 11.0. The highest BCUT2D eigenvalue weighted by Crippen LogP contribution is 2.48. The second-order valence-corrected chi connectivity index (χ2v) is 6.28. The molecule has 1 unspecified atom stereocenters. The van der Waals surface area contributed by atoms with Crippen molar-refractivity contribution in [3.05, 3.63) is 107 Å². The fraction of sp³-hybridized carbons (Fsp3) is 0.0870. The van der Waals surface area contributed by atoms with Crippen LogP contribution in [0, 0.1) is 0 Å². The van der Waals surface area contributed by atoms with Gasteiger partial charge in [-0.25, -0.2) is 0 Å². The zero-order valence-corrected chi connectivity index (χ0v) is 13.9. The van der Waals surface area contributed by atoms with Gasteiger partial charge in [0.2, 0.25) is 0 Å². The van der Waals surface area contributed by atoms with Crippen LogP contribution in [0.15, 0.2) is 78.9 Å². The van der Waals surface area contributed by atoms with Crippen LogP contribution in [0.1, 0.15) is 45.6 Å². The standard InChI is InChI=1S/C23H18O2/c1-15(24)16-11-13-18(14-12-16)21-19-9-5-6-10-20(19)23(25)22(21)17-7-3-2-4-8-17/h2-14,23,25H,1H3. The summed E-state index contributed by atoms with van der Waals surface area (Å²) < 4.78 is 0. The van der Waals surface area contributed by atoms with Crippen molar-refractivity contribution in [3.8, 4) is 0 Å². The Morgan fingerprint density at radius 2 is 1.44 bits per heavy atom. The number of hydrogen-bond donors (Lipinski definition) is 1. The average Bonchev–Trinajstić information content (AvgIpc) is 2.95. The van der Waals surface area contributed by atoms with Gasteiger partial charge in [0.1, 0.15) is 6.10 Å². The first-order valence-electron chi connectivity index (χ1n) is 8.35. The molecule has 0 saturated heterocycles. The van der Waals surface area contributed by atoms with Crippen LogP contribution in [-0.2, 0) is 0 Å².